The molecule has 1 aliphatic heterocycles. The number of halogens is 1. The van der Waals surface area contributed by atoms with Crippen molar-refractivity contribution >= 4 is 23.6 Å². The number of aromatic nitrogens is 1. The summed E-state index contributed by atoms with van der Waals surface area (Å²) >= 11 is 6.63. The van der Waals surface area contributed by atoms with Crippen LogP contribution in [0.3, 0.4) is 0 Å². The molecule has 274 valence electrons. The summed E-state index contributed by atoms with van der Waals surface area (Å²) in [5.74, 6) is 3.92. The quantitative estimate of drug-likeness (QED) is 0.0783. The fourth-order valence-corrected chi connectivity index (χ4v) is 6.10. The fourth-order valence-electron chi connectivity index (χ4n) is 5.79. The molecule has 0 saturated carbocycles. The van der Waals surface area contributed by atoms with Gasteiger partial charge in [0.25, 0.3) is 0 Å². The van der Waals surface area contributed by atoms with Gasteiger partial charge >= 0.3 is 0 Å². The molecule has 53 heavy (non-hydrogen) atoms. The largest absolute Gasteiger partial charge is 0.497 e. The van der Waals surface area contributed by atoms with Crippen molar-refractivity contribution in [3.05, 3.63) is 142 Å². The molecule has 0 N–H and O–H groups in total. The van der Waals surface area contributed by atoms with Crippen LogP contribution in [-0.2, 0) is 17.9 Å². The molecule has 0 aliphatic carbocycles. The van der Waals surface area contributed by atoms with Gasteiger partial charge in [0, 0.05) is 44.9 Å². The zero-order valence-electron chi connectivity index (χ0n) is 30.3. The highest BCUT2D eigenvalue weighted by Crippen LogP contribution is 2.34. The number of piperazine rings is 1. The van der Waals surface area contributed by atoms with E-state index in [0.717, 1.165) is 53.6 Å². The molecule has 1 fully saturated rings. The predicted octanol–water partition coefficient (Wildman–Crippen LogP) is 8.55. The van der Waals surface area contributed by atoms with E-state index < -0.39 is 0 Å². The van der Waals surface area contributed by atoms with Crippen molar-refractivity contribution in [3.8, 4) is 34.6 Å². The van der Waals surface area contributed by atoms with Crippen LogP contribution in [0.2, 0.25) is 5.02 Å². The van der Waals surface area contributed by atoms with Crippen molar-refractivity contribution in [2.75, 3.05) is 46.5 Å². The third-order valence-electron chi connectivity index (χ3n) is 8.81. The van der Waals surface area contributed by atoms with Gasteiger partial charge in [0.2, 0.25) is 11.8 Å². The van der Waals surface area contributed by atoms with Crippen LogP contribution in [0.25, 0.3) is 6.08 Å². The van der Waals surface area contributed by atoms with Crippen molar-refractivity contribution in [1.29, 1.82) is 0 Å². The second kappa shape index (κ2) is 18.3. The van der Waals surface area contributed by atoms with Crippen LogP contribution in [0.4, 0.5) is 0 Å². The van der Waals surface area contributed by atoms with Gasteiger partial charge in [-0.1, -0.05) is 53.6 Å². The molecule has 0 atom stereocenters. The lowest BCUT2D eigenvalue weighted by Crippen LogP contribution is -2.47. The number of nitrogens with zero attached hydrogens (tertiary/aromatic N) is 3. The number of aryl methyl sites for hydroxylation is 2. The van der Waals surface area contributed by atoms with Crippen molar-refractivity contribution in [1.82, 2.24) is 14.8 Å². The number of pyridine rings is 1. The Morgan fingerprint density at radius 3 is 2.00 bits per heavy atom. The summed E-state index contributed by atoms with van der Waals surface area (Å²) in [5, 5.41) is 0.436. The minimum absolute atomic E-state index is 0.0230. The van der Waals surface area contributed by atoms with Crippen molar-refractivity contribution in [2.24, 2.45) is 0 Å². The molecule has 0 radical (unpaired) electrons. The number of ether oxygens (including phenoxy) is 5. The van der Waals surface area contributed by atoms with E-state index in [0.29, 0.717) is 55.3 Å². The molecule has 0 unspecified atom stereocenters. The van der Waals surface area contributed by atoms with E-state index in [2.05, 4.69) is 41.1 Å². The minimum Gasteiger partial charge on any atom is -0.497 e. The maximum Gasteiger partial charge on any atom is 0.246 e. The Morgan fingerprint density at radius 1 is 0.755 bits per heavy atom. The van der Waals surface area contributed by atoms with E-state index in [4.69, 9.17) is 35.3 Å². The smallest absolute Gasteiger partial charge is 0.246 e. The minimum atomic E-state index is -0.0230. The van der Waals surface area contributed by atoms with Gasteiger partial charge in [-0.3, -0.25) is 9.69 Å². The number of hydrogen-bond acceptors (Lipinski definition) is 8. The maximum atomic E-state index is 13.1. The molecule has 1 saturated heterocycles. The summed E-state index contributed by atoms with van der Waals surface area (Å²) in [6.45, 7) is 9.05. The Bertz CT molecular complexity index is 1940. The number of carbonyl (C=O) groups excluding carboxylic acids is 1. The normalized spacial score (nSPS) is 13.2. The second-order valence-corrected chi connectivity index (χ2v) is 13.2. The Hall–Kier alpha value is -5.51. The molecule has 0 spiro atoms. The average Bonchev–Trinajstić information content (AvgIpc) is 3.18. The molecule has 2 heterocycles. The third-order valence-corrected chi connectivity index (χ3v) is 9.09. The van der Waals surface area contributed by atoms with Gasteiger partial charge in [0.15, 0.2) is 5.75 Å². The molecular formula is C43H44ClN3O6. The molecule has 1 amide bonds. The van der Waals surface area contributed by atoms with E-state index in [-0.39, 0.29) is 5.91 Å². The standard InChI is InChI=1S/C43H44ClN3O6/c1-31-4-6-34(7-5-31)30-52-39-17-18-41(45-28-39)53-43-32(2)26-35(27-40(43)44)10-19-42(48)47-22-20-46(21-23-47)29-33-8-11-37(12-9-33)50-24-25-51-38-15-13-36(49-3)14-16-38/h4-19,26-28H,20-25,29-30H2,1-3H3. The van der Waals surface area contributed by atoms with Crippen molar-refractivity contribution in [2.45, 2.75) is 27.0 Å². The topological polar surface area (TPSA) is 82.6 Å². The molecule has 0 bridgehead atoms. The summed E-state index contributed by atoms with van der Waals surface area (Å²) < 4.78 is 28.6. The highest BCUT2D eigenvalue weighted by Gasteiger charge is 2.20. The molecule has 5 aromatic rings. The SMILES string of the molecule is COc1ccc(OCCOc2ccc(CN3CCN(C(=O)C=Cc4cc(C)c(Oc5ccc(OCc6ccc(C)cc6)cn5)c(Cl)c4)CC3)cc2)cc1. The molecule has 4 aromatic carbocycles. The Kier molecular flexibility index (Phi) is 12.9. The Balaban J connectivity index is 0.912. The average molecular weight is 734 g/mol. The fraction of sp³-hybridized carbons (Fsp3) is 0.256. The Morgan fingerprint density at radius 2 is 1.38 bits per heavy atom. The van der Waals surface area contributed by atoms with Gasteiger partial charge in [-0.2, -0.15) is 0 Å². The summed E-state index contributed by atoms with van der Waals surface area (Å²) in [5.41, 5.74) is 5.14. The van der Waals surface area contributed by atoms with E-state index >= 15 is 0 Å². The summed E-state index contributed by atoms with van der Waals surface area (Å²) in [4.78, 5) is 21.7. The lowest BCUT2D eigenvalue weighted by atomic mass is 10.1. The highest BCUT2D eigenvalue weighted by atomic mass is 35.5. The van der Waals surface area contributed by atoms with E-state index in [1.807, 2.05) is 72.5 Å². The Labute approximate surface area is 316 Å². The highest BCUT2D eigenvalue weighted by molar-refractivity contribution is 6.32. The summed E-state index contributed by atoms with van der Waals surface area (Å²) in [6, 6.07) is 31.1. The third kappa shape index (κ3) is 11.0. The molecule has 9 nitrogen and oxygen atoms in total. The van der Waals surface area contributed by atoms with Gasteiger partial charge in [0.05, 0.1) is 18.3 Å². The molecule has 1 aromatic heterocycles. The van der Waals surface area contributed by atoms with Crippen LogP contribution in [0.5, 0.6) is 34.6 Å². The zero-order valence-corrected chi connectivity index (χ0v) is 31.1. The van der Waals surface area contributed by atoms with Crippen LogP contribution >= 0.6 is 11.6 Å². The molecule has 6 rings (SSSR count). The number of hydrogen-bond donors (Lipinski definition) is 0. The predicted molar refractivity (Wildman–Crippen MR) is 207 cm³/mol. The maximum absolute atomic E-state index is 13.1. The van der Waals surface area contributed by atoms with Gasteiger partial charge in [0.1, 0.15) is 42.8 Å². The van der Waals surface area contributed by atoms with Gasteiger partial charge in [-0.25, -0.2) is 4.98 Å². The van der Waals surface area contributed by atoms with Gasteiger partial charge < -0.3 is 28.6 Å². The van der Waals surface area contributed by atoms with Gasteiger partial charge in [-0.15, -0.1) is 0 Å². The van der Waals surface area contributed by atoms with E-state index in [9.17, 15) is 4.79 Å². The van der Waals surface area contributed by atoms with Crippen LogP contribution in [0, 0.1) is 13.8 Å². The zero-order chi connectivity index (χ0) is 37.0. The number of carbonyl (C=O) groups is 1. The van der Waals surface area contributed by atoms with Crippen LogP contribution in [-0.4, -0.2) is 67.2 Å². The number of rotatable bonds is 15. The van der Waals surface area contributed by atoms with Crippen molar-refractivity contribution < 1.29 is 28.5 Å². The van der Waals surface area contributed by atoms with Crippen molar-refractivity contribution in [3.63, 3.8) is 0 Å². The first-order valence-electron chi connectivity index (χ1n) is 17.6. The first-order valence-corrected chi connectivity index (χ1v) is 18.0. The van der Waals surface area contributed by atoms with Crippen LogP contribution < -0.4 is 23.7 Å². The first-order chi connectivity index (χ1) is 25.8. The lowest BCUT2D eigenvalue weighted by Gasteiger charge is -2.34. The molecular weight excluding hydrogens is 690 g/mol. The second-order valence-electron chi connectivity index (χ2n) is 12.8. The number of amides is 1. The van der Waals surface area contributed by atoms with Gasteiger partial charge in [-0.05, 0) is 96.8 Å². The molecule has 1 aliphatic rings. The number of benzene rings is 4. The summed E-state index contributed by atoms with van der Waals surface area (Å²) in [7, 11) is 1.64. The van der Waals surface area contributed by atoms with E-state index in [1.54, 1.807) is 37.6 Å². The van der Waals surface area contributed by atoms with E-state index in [1.165, 1.54) is 11.1 Å². The number of methoxy groups -OCH3 is 1. The van der Waals surface area contributed by atoms with Crippen LogP contribution in [0.1, 0.15) is 27.8 Å². The monoisotopic (exact) mass is 733 g/mol. The lowest BCUT2D eigenvalue weighted by molar-refractivity contribution is -0.127. The van der Waals surface area contributed by atoms with Crippen LogP contribution in [0.15, 0.2) is 109 Å². The summed E-state index contributed by atoms with van der Waals surface area (Å²) in [6.07, 6.45) is 5.04. The molecule has 10 heteroatoms. The first kappa shape index (κ1) is 37.3.